The van der Waals surface area contributed by atoms with Crippen LogP contribution in [0.3, 0.4) is 0 Å². The van der Waals surface area contributed by atoms with Crippen LogP contribution in [-0.4, -0.2) is 7.11 Å². The number of nitrogens with one attached hydrogen (secondary N) is 1. The van der Waals surface area contributed by atoms with Crippen molar-refractivity contribution < 1.29 is 9.13 Å². The highest BCUT2D eigenvalue weighted by Crippen LogP contribution is 2.25. The van der Waals surface area contributed by atoms with E-state index in [0.29, 0.717) is 6.42 Å². The molecule has 0 aliphatic heterocycles. The number of hydrazine groups is 1. The smallest absolute Gasteiger partial charge is 0.165 e. The number of ether oxygens (including phenoxy) is 1. The van der Waals surface area contributed by atoms with E-state index in [1.54, 1.807) is 6.07 Å². The molecule has 0 aliphatic rings. The molecule has 0 saturated heterocycles. The lowest BCUT2D eigenvalue weighted by molar-refractivity contribution is 0.386. The van der Waals surface area contributed by atoms with Crippen molar-refractivity contribution >= 4 is 15.9 Å². The van der Waals surface area contributed by atoms with Gasteiger partial charge in [-0.1, -0.05) is 34.1 Å². The highest BCUT2D eigenvalue weighted by atomic mass is 79.9. The molecule has 0 bridgehead atoms. The van der Waals surface area contributed by atoms with Gasteiger partial charge < -0.3 is 4.74 Å². The largest absolute Gasteiger partial charge is 0.494 e. The monoisotopic (exact) mass is 352 g/mol. The summed E-state index contributed by atoms with van der Waals surface area (Å²) >= 11 is 3.51. The van der Waals surface area contributed by atoms with Gasteiger partial charge in [0.1, 0.15) is 0 Å². The van der Waals surface area contributed by atoms with Crippen molar-refractivity contribution in [3.05, 3.63) is 63.4 Å². The summed E-state index contributed by atoms with van der Waals surface area (Å²) in [5.74, 6) is 5.53. The van der Waals surface area contributed by atoms with Crippen molar-refractivity contribution in [1.82, 2.24) is 5.43 Å². The van der Waals surface area contributed by atoms with Crippen LogP contribution >= 0.6 is 15.9 Å². The van der Waals surface area contributed by atoms with Gasteiger partial charge >= 0.3 is 0 Å². The number of benzene rings is 2. The maximum atomic E-state index is 13.7. The molecule has 0 radical (unpaired) electrons. The highest BCUT2D eigenvalue weighted by molar-refractivity contribution is 9.10. The van der Waals surface area contributed by atoms with Crippen molar-refractivity contribution in [2.45, 2.75) is 19.4 Å². The lowest BCUT2D eigenvalue weighted by atomic mass is 9.98. The topological polar surface area (TPSA) is 47.3 Å². The molecule has 2 aromatic rings. The fourth-order valence-electron chi connectivity index (χ4n) is 2.17. The van der Waals surface area contributed by atoms with Crippen molar-refractivity contribution in [1.29, 1.82) is 0 Å². The predicted molar refractivity (Wildman–Crippen MR) is 85.6 cm³/mol. The minimum absolute atomic E-state index is 0.0882. The minimum Gasteiger partial charge on any atom is -0.494 e. The Labute approximate surface area is 132 Å². The van der Waals surface area contributed by atoms with Gasteiger partial charge in [-0.3, -0.25) is 11.3 Å². The fourth-order valence-corrected chi connectivity index (χ4v) is 2.57. The number of methoxy groups -OCH3 is 1. The third-order valence-electron chi connectivity index (χ3n) is 3.46. The molecule has 3 nitrogen and oxygen atoms in total. The van der Waals surface area contributed by atoms with Gasteiger partial charge in [0.05, 0.1) is 13.2 Å². The number of hydrogen-bond donors (Lipinski definition) is 2. The Morgan fingerprint density at radius 1 is 1.29 bits per heavy atom. The minimum atomic E-state index is -0.365. The van der Waals surface area contributed by atoms with E-state index >= 15 is 0 Å². The zero-order valence-electron chi connectivity index (χ0n) is 12.0. The molecule has 0 saturated carbocycles. The van der Waals surface area contributed by atoms with Crippen molar-refractivity contribution in [2.24, 2.45) is 5.84 Å². The van der Waals surface area contributed by atoms with E-state index in [1.807, 2.05) is 31.2 Å². The van der Waals surface area contributed by atoms with Gasteiger partial charge in [0.25, 0.3) is 0 Å². The second-order valence-electron chi connectivity index (χ2n) is 4.90. The second-order valence-corrected chi connectivity index (χ2v) is 5.76. The number of aryl methyl sites for hydroxylation is 1. The van der Waals surface area contributed by atoms with Gasteiger partial charge in [0.15, 0.2) is 11.6 Å². The first-order chi connectivity index (χ1) is 10.0. The maximum absolute atomic E-state index is 13.7. The van der Waals surface area contributed by atoms with Crippen molar-refractivity contribution in [2.75, 3.05) is 7.11 Å². The summed E-state index contributed by atoms with van der Waals surface area (Å²) in [6.07, 6.45) is 0.590. The first-order valence-corrected chi connectivity index (χ1v) is 7.39. The van der Waals surface area contributed by atoms with E-state index in [2.05, 4.69) is 21.4 Å². The molecule has 1 atom stereocenters. The Morgan fingerprint density at radius 3 is 2.62 bits per heavy atom. The van der Waals surface area contributed by atoms with Crippen LogP contribution in [-0.2, 0) is 6.42 Å². The number of rotatable bonds is 5. The van der Waals surface area contributed by atoms with E-state index in [9.17, 15) is 4.39 Å². The van der Waals surface area contributed by atoms with Crippen LogP contribution in [0.25, 0.3) is 0 Å². The molecule has 0 spiro atoms. The van der Waals surface area contributed by atoms with Crippen LogP contribution in [0.1, 0.15) is 22.7 Å². The van der Waals surface area contributed by atoms with Crippen molar-refractivity contribution in [3.8, 4) is 5.75 Å². The Morgan fingerprint density at radius 2 is 2.05 bits per heavy atom. The Hall–Kier alpha value is -1.43. The Bertz CT molecular complexity index is 634. The van der Waals surface area contributed by atoms with Gasteiger partial charge in [-0.05, 0) is 48.2 Å². The van der Waals surface area contributed by atoms with Crippen LogP contribution in [0.15, 0.2) is 40.9 Å². The lowest BCUT2D eigenvalue weighted by Gasteiger charge is -2.17. The third kappa shape index (κ3) is 3.81. The molecule has 0 heterocycles. The average Bonchev–Trinajstić information content (AvgIpc) is 2.48. The number of hydrogen-bond acceptors (Lipinski definition) is 3. The summed E-state index contributed by atoms with van der Waals surface area (Å²) < 4.78 is 19.7. The van der Waals surface area contributed by atoms with Crippen LogP contribution in [0.2, 0.25) is 0 Å². The predicted octanol–water partition coefficient (Wildman–Crippen LogP) is 3.65. The molecular formula is C16H18BrFN2O. The molecule has 0 aliphatic carbocycles. The SMILES string of the molecule is COc1ccc(CC(NN)c2ccc(C)c(Br)c2)cc1F. The summed E-state index contributed by atoms with van der Waals surface area (Å²) in [6, 6.07) is 10.9. The van der Waals surface area contributed by atoms with Gasteiger partial charge in [-0.25, -0.2) is 4.39 Å². The molecular weight excluding hydrogens is 335 g/mol. The van der Waals surface area contributed by atoms with Gasteiger partial charge in [-0.15, -0.1) is 0 Å². The molecule has 2 aromatic carbocycles. The molecule has 112 valence electrons. The van der Waals surface area contributed by atoms with Gasteiger partial charge in [0.2, 0.25) is 0 Å². The van der Waals surface area contributed by atoms with Crippen molar-refractivity contribution in [3.63, 3.8) is 0 Å². The second kappa shape index (κ2) is 7.02. The van der Waals surface area contributed by atoms with E-state index in [-0.39, 0.29) is 17.6 Å². The summed E-state index contributed by atoms with van der Waals surface area (Å²) in [4.78, 5) is 0. The molecule has 5 heteroatoms. The zero-order chi connectivity index (χ0) is 15.4. The average molecular weight is 353 g/mol. The quantitative estimate of drug-likeness (QED) is 0.637. The normalized spacial score (nSPS) is 12.2. The molecule has 0 aromatic heterocycles. The lowest BCUT2D eigenvalue weighted by Crippen LogP contribution is -2.29. The third-order valence-corrected chi connectivity index (χ3v) is 4.31. The number of halogens is 2. The van der Waals surface area contributed by atoms with Gasteiger partial charge in [0, 0.05) is 4.47 Å². The van der Waals surface area contributed by atoms with E-state index in [1.165, 1.54) is 13.2 Å². The Kier molecular flexibility index (Phi) is 5.33. The first kappa shape index (κ1) is 15.9. The summed E-state index contributed by atoms with van der Waals surface area (Å²) in [5.41, 5.74) is 5.85. The summed E-state index contributed by atoms with van der Waals surface area (Å²) in [7, 11) is 1.45. The van der Waals surface area contributed by atoms with E-state index in [0.717, 1.165) is 21.2 Å². The zero-order valence-corrected chi connectivity index (χ0v) is 13.6. The highest BCUT2D eigenvalue weighted by Gasteiger charge is 2.13. The molecule has 0 fully saturated rings. The summed E-state index contributed by atoms with van der Waals surface area (Å²) in [6.45, 7) is 2.03. The van der Waals surface area contributed by atoms with Crippen LogP contribution in [0.5, 0.6) is 5.75 Å². The van der Waals surface area contributed by atoms with E-state index in [4.69, 9.17) is 10.6 Å². The first-order valence-electron chi connectivity index (χ1n) is 6.59. The Balaban J connectivity index is 2.22. The fraction of sp³-hybridized carbons (Fsp3) is 0.250. The molecule has 0 amide bonds. The molecule has 1 unspecified atom stereocenters. The van der Waals surface area contributed by atoms with Crippen LogP contribution in [0.4, 0.5) is 4.39 Å². The summed E-state index contributed by atoms with van der Waals surface area (Å²) in [5, 5.41) is 0. The standard InChI is InChI=1S/C16H18BrFN2O/c1-10-3-5-12(9-13(10)17)15(20-19)8-11-4-6-16(21-2)14(18)7-11/h3-7,9,15,20H,8,19H2,1-2H3. The van der Waals surface area contributed by atoms with E-state index < -0.39 is 0 Å². The molecule has 21 heavy (non-hydrogen) atoms. The maximum Gasteiger partial charge on any atom is 0.165 e. The van der Waals surface area contributed by atoms with Gasteiger partial charge in [-0.2, -0.15) is 0 Å². The number of nitrogens with two attached hydrogens (primary N) is 1. The molecule has 2 rings (SSSR count). The van der Waals surface area contributed by atoms with Crippen LogP contribution < -0.4 is 16.0 Å². The van der Waals surface area contributed by atoms with Crippen LogP contribution in [0, 0.1) is 12.7 Å². The molecule has 3 N–H and O–H groups in total.